The van der Waals surface area contributed by atoms with Crippen LogP contribution in [0.3, 0.4) is 0 Å². The zero-order chi connectivity index (χ0) is 13.0. The molecule has 2 heterocycles. The van der Waals surface area contributed by atoms with Gasteiger partial charge in [-0.2, -0.15) is 5.48 Å². The SMILES string of the molecule is CC1(C)OB(c2cccc3c2CNO3)OC1(C)C. The first-order chi connectivity index (χ1) is 8.41. The summed E-state index contributed by atoms with van der Waals surface area (Å²) in [7, 11) is -0.326. The van der Waals surface area contributed by atoms with Gasteiger partial charge in [-0.15, -0.1) is 0 Å². The van der Waals surface area contributed by atoms with Crippen molar-refractivity contribution in [3.8, 4) is 5.75 Å². The second kappa shape index (κ2) is 3.73. The van der Waals surface area contributed by atoms with E-state index in [-0.39, 0.29) is 18.3 Å². The van der Waals surface area contributed by atoms with Crippen LogP contribution in [-0.2, 0) is 15.9 Å². The molecular weight excluding hydrogens is 229 g/mol. The molecule has 1 saturated heterocycles. The molecule has 1 aromatic carbocycles. The Morgan fingerprint density at radius 3 is 2.44 bits per heavy atom. The summed E-state index contributed by atoms with van der Waals surface area (Å²) in [6.07, 6.45) is 0. The highest BCUT2D eigenvalue weighted by Crippen LogP contribution is 2.37. The Balaban J connectivity index is 1.97. The number of hydroxylamine groups is 1. The van der Waals surface area contributed by atoms with Crippen LogP contribution >= 0.6 is 0 Å². The van der Waals surface area contributed by atoms with Gasteiger partial charge in [-0.25, -0.2) is 0 Å². The van der Waals surface area contributed by atoms with E-state index in [1.54, 1.807) is 0 Å². The Bertz CT molecular complexity index is 471. The minimum Gasteiger partial charge on any atom is -0.408 e. The summed E-state index contributed by atoms with van der Waals surface area (Å²) in [6, 6.07) is 5.95. The predicted octanol–water partition coefficient (Wildman–Crippen LogP) is 1.38. The number of hydrogen-bond acceptors (Lipinski definition) is 4. The van der Waals surface area contributed by atoms with Crippen molar-refractivity contribution in [3.05, 3.63) is 23.8 Å². The topological polar surface area (TPSA) is 39.7 Å². The van der Waals surface area contributed by atoms with Crippen molar-refractivity contribution < 1.29 is 14.1 Å². The Labute approximate surface area is 108 Å². The lowest BCUT2D eigenvalue weighted by atomic mass is 9.76. The predicted molar refractivity (Wildman–Crippen MR) is 69.6 cm³/mol. The molecule has 1 fully saturated rings. The summed E-state index contributed by atoms with van der Waals surface area (Å²) < 4.78 is 12.1. The van der Waals surface area contributed by atoms with E-state index in [2.05, 4.69) is 33.2 Å². The molecule has 0 spiro atoms. The molecule has 1 N–H and O–H groups in total. The fourth-order valence-electron chi connectivity index (χ4n) is 2.24. The Morgan fingerprint density at radius 2 is 1.78 bits per heavy atom. The molecule has 0 amide bonds. The summed E-state index contributed by atoms with van der Waals surface area (Å²) in [5.74, 6) is 0.863. The average Bonchev–Trinajstić information content (AvgIpc) is 2.81. The fourth-order valence-corrected chi connectivity index (χ4v) is 2.24. The van der Waals surface area contributed by atoms with Gasteiger partial charge in [-0.1, -0.05) is 12.1 Å². The molecule has 4 nitrogen and oxygen atoms in total. The standard InChI is InChI=1S/C13H18BNO3/c1-12(2)13(3,4)18-14(17-12)10-6-5-7-11-9(10)8-15-16-11/h5-7,15H,8H2,1-4H3. The highest BCUT2D eigenvalue weighted by molar-refractivity contribution is 6.62. The van der Waals surface area contributed by atoms with Crippen LogP contribution in [0.1, 0.15) is 33.3 Å². The van der Waals surface area contributed by atoms with E-state index in [9.17, 15) is 0 Å². The number of hydrogen-bond donors (Lipinski definition) is 1. The fraction of sp³-hybridized carbons (Fsp3) is 0.538. The second-order valence-corrected chi connectivity index (χ2v) is 5.84. The van der Waals surface area contributed by atoms with Crippen LogP contribution in [0.25, 0.3) is 0 Å². The Morgan fingerprint density at radius 1 is 1.11 bits per heavy atom. The summed E-state index contributed by atoms with van der Waals surface area (Å²) >= 11 is 0. The van der Waals surface area contributed by atoms with Crippen LogP contribution in [-0.4, -0.2) is 18.3 Å². The van der Waals surface area contributed by atoms with E-state index < -0.39 is 0 Å². The van der Waals surface area contributed by atoms with Crippen LogP contribution in [0.4, 0.5) is 0 Å². The number of benzene rings is 1. The first-order valence-electron chi connectivity index (χ1n) is 6.28. The van der Waals surface area contributed by atoms with Crippen molar-refractivity contribution in [2.24, 2.45) is 0 Å². The molecule has 0 bridgehead atoms. The third kappa shape index (κ3) is 1.66. The molecule has 0 saturated carbocycles. The van der Waals surface area contributed by atoms with E-state index >= 15 is 0 Å². The Kier molecular flexibility index (Phi) is 2.49. The Hall–Kier alpha value is -1.04. The summed E-state index contributed by atoms with van der Waals surface area (Å²) in [5.41, 5.74) is 4.43. The van der Waals surface area contributed by atoms with Gasteiger partial charge < -0.3 is 14.1 Å². The van der Waals surface area contributed by atoms with Crippen LogP contribution in [0, 0.1) is 0 Å². The van der Waals surface area contributed by atoms with E-state index in [4.69, 9.17) is 14.1 Å². The summed E-state index contributed by atoms with van der Waals surface area (Å²) in [4.78, 5) is 5.34. The lowest BCUT2D eigenvalue weighted by Crippen LogP contribution is -2.41. The third-order valence-corrected chi connectivity index (χ3v) is 4.11. The van der Waals surface area contributed by atoms with E-state index in [1.165, 1.54) is 0 Å². The molecule has 0 aliphatic carbocycles. The molecular formula is C13H18BNO3. The van der Waals surface area contributed by atoms with Crippen molar-refractivity contribution in [1.82, 2.24) is 5.48 Å². The quantitative estimate of drug-likeness (QED) is 0.761. The van der Waals surface area contributed by atoms with Gasteiger partial charge in [0.25, 0.3) is 0 Å². The van der Waals surface area contributed by atoms with Gasteiger partial charge in [0.15, 0.2) is 5.75 Å². The molecule has 0 aromatic heterocycles. The van der Waals surface area contributed by atoms with Crippen LogP contribution in [0.15, 0.2) is 18.2 Å². The number of rotatable bonds is 1. The molecule has 18 heavy (non-hydrogen) atoms. The smallest absolute Gasteiger partial charge is 0.408 e. The normalized spacial score (nSPS) is 23.9. The molecule has 0 radical (unpaired) electrons. The first kappa shape index (κ1) is 12.0. The van der Waals surface area contributed by atoms with E-state index in [0.717, 1.165) is 16.8 Å². The minimum absolute atomic E-state index is 0.312. The second-order valence-electron chi connectivity index (χ2n) is 5.84. The van der Waals surface area contributed by atoms with Gasteiger partial charge in [0.2, 0.25) is 0 Å². The van der Waals surface area contributed by atoms with Gasteiger partial charge in [0.05, 0.1) is 17.7 Å². The molecule has 2 aliphatic heterocycles. The maximum absolute atomic E-state index is 6.07. The lowest BCUT2D eigenvalue weighted by Gasteiger charge is -2.32. The maximum atomic E-state index is 6.07. The number of nitrogens with one attached hydrogen (secondary N) is 1. The van der Waals surface area contributed by atoms with Crippen LogP contribution < -0.4 is 15.8 Å². The lowest BCUT2D eigenvalue weighted by molar-refractivity contribution is 0.00578. The van der Waals surface area contributed by atoms with E-state index in [1.807, 2.05) is 18.2 Å². The van der Waals surface area contributed by atoms with Gasteiger partial charge in [-0.05, 0) is 39.2 Å². The third-order valence-electron chi connectivity index (χ3n) is 4.11. The molecule has 96 valence electrons. The zero-order valence-electron chi connectivity index (χ0n) is 11.2. The highest BCUT2D eigenvalue weighted by atomic mass is 16.7. The average molecular weight is 247 g/mol. The monoisotopic (exact) mass is 247 g/mol. The minimum atomic E-state index is -0.326. The van der Waals surface area contributed by atoms with E-state index in [0.29, 0.717) is 6.54 Å². The van der Waals surface area contributed by atoms with Crippen molar-refractivity contribution in [2.45, 2.75) is 45.4 Å². The molecule has 5 heteroatoms. The molecule has 3 rings (SSSR count). The van der Waals surface area contributed by atoms with Gasteiger partial charge in [0, 0.05) is 5.56 Å². The van der Waals surface area contributed by atoms with Gasteiger partial charge in [0.1, 0.15) is 0 Å². The van der Waals surface area contributed by atoms with Crippen molar-refractivity contribution in [2.75, 3.05) is 0 Å². The van der Waals surface area contributed by atoms with Crippen LogP contribution in [0.2, 0.25) is 0 Å². The van der Waals surface area contributed by atoms with Gasteiger partial charge >= 0.3 is 7.12 Å². The van der Waals surface area contributed by atoms with Crippen LogP contribution in [0.5, 0.6) is 5.75 Å². The molecule has 2 aliphatic rings. The molecule has 1 aromatic rings. The first-order valence-corrected chi connectivity index (χ1v) is 6.28. The highest BCUT2D eigenvalue weighted by Gasteiger charge is 2.52. The summed E-state index contributed by atoms with van der Waals surface area (Å²) in [5, 5.41) is 0. The van der Waals surface area contributed by atoms with Crippen molar-refractivity contribution >= 4 is 12.6 Å². The summed E-state index contributed by atoms with van der Waals surface area (Å²) in [6.45, 7) is 8.93. The number of fused-ring (bicyclic) bond motifs is 1. The maximum Gasteiger partial charge on any atom is 0.495 e. The largest absolute Gasteiger partial charge is 0.495 e. The van der Waals surface area contributed by atoms with Crippen molar-refractivity contribution in [1.29, 1.82) is 0 Å². The molecule has 0 atom stereocenters. The van der Waals surface area contributed by atoms with Gasteiger partial charge in [-0.3, -0.25) is 0 Å². The van der Waals surface area contributed by atoms with Crippen molar-refractivity contribution in [3.63, 3.8) is 0 Å². The molecule has 0 unspecified atom stereocenters. The zero-order valence-corrected chi connectivity index (χ0v) is 11.2.